The van der Waals surface area contributed by atoms with Gasteiger partial charge in [0, 0.05) is 12.8 Å². The van der Waals surface area contributed by atoms with Crippen LogP contribution in [0.4, 0.5) is 0 Å². The third-order valence-corrected chi connectivity index (χ3v) is 19.1. The normalized spacial score (nSPS) is 13.5. The molecule has 0 aliphatic carbocycles. The molecule has 0 rings (SSSR count). The molecule has 9 nitrogen and oxygen atoms in total. The van der Waals surface area contributed by atoms with Crippen molar-refractivity contribution >= 4 is 19.8 Å². The Morgan fingerprint density at radius 1 is 0.333 bits per heavy atom. The van der Waals surface area contributed by atoms with E-state index in [9.17, 15) is 19.0 Å². The van der Waals surface area contributed by atoms with E-state index in [1.54, 1.807) is 0 Å². The molecular weight excluding hydrogens is 1210 g/mol. The van der Waals surface area contributed by atoms with Crippen LogP contribution in [0.5, 0.6) is 0 Å². The number of carbonyl (C=O) groups is 2. The van der Waals surface area contributed by atoms with Crippen molar-refractivity contribution < 1.29 is 42.1 Å². The van der Waals surface area contributed by atoms with Crippen LogP contribution in [0.15, 0.2) is 97.2 Å². The Morgan fingerprint density at radius 2 is 0.594 bits per heavy atom. The number of unbranched alkanes of at least 4 members (excludes halogenated alkanes) is 46. The number of phosphoric ester groups is 1. The molecule has 0 aliphatic heterocycles. The minimum absolute atomic E-state index is 0.0317. The van der Waals surface area contributed by atoms with E-state index >= 15 is 0 Å². The first-order chi connectivity index (χ1) is 47.0. The van der Waals surface area contributed by atoms with Crippen molar-refractivity contribution in [3.05, 3.63) is 97.2 Å². The average Bonchev–Trinajstić information content (AvgIpc) is 1.98. The first kappa shape index (κ1) is 92.9. The fourth-order valence-corrected chi connectivity index (χ4v) is 12.6. The molecule has 0 spiro atoms. The highest BCUT2D eigenvalue weighted by Crippen LogP contribution is 2.43. The van der Waals surface area contributed by atoms with Crippen LogP contribution in [0.3, 0.4) is 0 Å². The maximum atomic E-state index is 12.9. The van der Waals surface area contributed by atoms with Crippen molar-refractivity contribution in [1.29, 1.82) is 0 Å². The standard InChI is InChI=1S/C86H156NO8P/c1-6-8-10-12-14-16-18-20-22-24-26-28-30-32-34-36-38-40-41-42-43-44-45-47-49-51-53-55-57-59-61-63-65-67-69-71-73-75-77-79-86(89)95-84(83-94-96(90,91)93-81-80-87(3,4)5)82-92-85(88)78-76-74-72-70-68-66-64-62-60-58-56-54-52-50-48-46-39-37-35-33-31-29-27-25-23-21-19-17-15-13-11-9-7-2/h8,10,14,16,20,22,25-28,32,34,38,40,42-43,84H,6-7,9,11-13,15,17-19,21,23-24,29-31,33,35-37,39,41,44-83H2,1-5H3/p+1/b10-8-,16-14-,22-20-,27-25-,28-26-,34-32-,40-38-,43-42-. The summed E-state index contributed by atoms with van der Waals surface area (Å²) >= 11 is 0. The maximum Gasteiger partial charge on any atom is 0.472 e. The van der Waals surface area contributed by atoms with E-state index in [4.69, 9.17) is 18.5 Å². The molecule has 96 heavy (non-hydrogen) atoms. The van der Waals surface area contributed by atoms with Crippen LogP contribution < -0.4 is 0 Å². The van der Waals surface area contributed by atoms with Crippen molar-refractivity contribution in [2.75, 3.05) is 47.5 Å². The van der Waals surface area contributed by atoms with E-state index in [2.05, 4.69) is 111 Å². The molecule has 0 bridgehead atoms. The number of allylic oxidation sites excluding steroid dienone is 16. The number of rotatable bonds is 76. The summed E-state index contributed by atoms with van der Waals surface area (Å²) in [6.07, 6.45) is 107. The lowest BCUT2D eigenvalue weighted by Gasteiger charge is -2.24. The zero-order valence-corrected chi connectivity index (χ0v) is 64.7. The Morgan fingerprint density at radius 3 is 0.896 bits per heavy atom. The third-order valence-electron chi connectivity index (χ3n) is 18.1. The molecule has 0 saturated carbocycles. The largest absolute Gasteiger partial charge is 0.472 e. The number of quaternary nitrogens is 1. The van der Waals surface area contributed by atoms with Gasteiger partial charge in [-0.1, -0.05) is 374 Å². The molecule has 10 heteroatoms. The number of ether oxygens (including phenoxy) is 2. The van der Waals surface area contributed by atoms with Gasteiger partial charge in [-0.05, 0) is 96.3 Å². The molecule has 0 amide bonds. The van der Waals surface area contributed by atoms with Crippen LogP contribution in [0.25, 0.3) is 0 Å². The lowest BCUT2D eigenvalue weighted by atomic mass is 10.0. The minimum atomic E-state index is -4.40. The monoisotopic (exact) mass is 1360 g/mol. The van der Waals surface area contributed by atoms with E-state index < -0.39 is 26.5 Å². The molecule has 0 aliphatic rings. The molecule has 0 heterocycles. The van der Waals surface area contributed by atoms with Crippen molar-refractivity contribution in [1.82, 2.24) is 0 Å². The SMILES string of the molecule is CC/C=C\C/C=C\C/C=C\C/C=C\C/C=C\C/C=C\C/C=C\CCCCCCCCCCCCCCCCCCCC(=O)OC(COC(=O)CCCCCCCCCCCCCCCCCCCCCCC/C=C\CCCCCCCCCC)COP(=O)(O)OCC[N+](C)(C)C. The molecular formula is C86H157NO8P+. The van der Waals surface area contributed by atoms with Gasteiger partial charge in [0.1, 0.15) is 19.8 Å². The van der Waals surface area contributed by atoms with E-state index in [1.165, 1.54) is 276 Å². The number of nitrogens with zero attached hydrogens (tertiary/aromatic N) is 1. The highest BCUT2D eigenvalue weighted by atomic mass is 31.2. The second-order valence-electron chi connectivity index (χ2n) is 28.8. The fourth-order valence-electron chi connectivity index (χ4n) is 11.9. The number of carbonyl (C=O) groups excluding carboxylic acids is 2. The molecule has 0 aromatic rings. The predicted molar refractivity (Wildman–Crippen MR) is 418 cm³/mol. The van der Waals surface area contributed by atoms with Crippen LogP contribution in [0.2, 0.25) is 0 Å². The van der Waals surface area contributed by atoms with Crippen LogP contribution in [0, 0.1) is 0 Å². The smallest absolute Gasteiger partial charge is 0.462 e. The molecule has 0 radical (unpaired) electrons. The van der Waals surface area contributed by atoms with Crippen molar-refractivity contribution in [2.24, 2.45) is 0 Å². The quantitative estimate of drug-likeness (QED) is 0.0211. The van der Waals surface area contributed by atoms with Gasteiger partial charge in [-0.25, -0.2) is 4.57 Å². The number of esters is 2. The summed E-state index contributed by atoms with van der Waals surface area (Å²) in [6.45, 7) is 4.38. The zero-order valence-electron chi connectivity index (χ0n) is 63.9. The lowest BCUT2D eigenvalue weighted by molar-refractivity contribution is -0.870. The lowest BCUT2D eigenvalue weighted by Crippen LogP contribution is -2.37. The van der Waals surface area contributed by atoms with Gasteiger partial charge in [0.2, 0.25) is 0 Å². The number of hydrogen-bond acceptors (Lipinski definition) is 7. The van der Waals surface area contributed by atoms with Gasteiger partial charge in [0.15, 0.2) is 6.10 Å². The molecule has 0 saturated heterocycles. The van der Waals surface area contributed by atoms with Crippen molar-refractivity contribution in [3.8, 4) is 0 Å². The molecule has 2 unspecified atom stereocenters. The van der Waals surface area contributed by atoms with Crippen molar-refractivity contribution in [2.45, 2.75) is 392 Å². The molecule has 0 aromatic carbocycles. The first-order valence-corrected chi connectivity index (χ1v) is 42.5. The molecule has 0 aromatic heterocycles. The fraction of sp³-hybridized carbons (Fsp3) is 0.791. The van der Waals surface area contributed by atoms with E-state index in [1.807, 2.05) is 21.1 Å². The van der Waals surface area contributed by atoms with Gasteiger partial charge < -0.3 is 18.9 Å². The first-order valence-electron chi connectivity index (χ1n) is 41.0. The Kier molecular flexibility index (Phi) is 73.7. The summed E-state index contributed by atoms with van der Waals surface area (Å²) in [6, 6.07) is 0. The predicted octanol–water partition coefficient (Wildman–Crippen LogP) is 27.4. The summed E-state index contributed by atoms with van der Waals surface area (Å²) in [7, 11) is 1.49. The topological polar surface area (TPSA) is 108 Å². The number of phosphoric acid groups is 1. The van der Waals surface area contributed by atoms with E-state index in [-0.39, 0.29) is 25.6 Å². The van der Waals surface area contributed by atoms with E-state index in [0.29, 0.717) is 23.9 Å². The Balaban J connectivity index is 3.94. The third kappa shape index (κ3) is 79.9. The van der Waals surface area contributed by atoms with Gasteiger partial charge in [0.25, 0.3) is 0 Å². The van der Waals surface area contributed by atoms with E-state index in [0.717, 1.165) is 77.0 Å². The molecule has 0 fully saturated rings. The van der Waals surface area contributed by atoms with Crippen LogP contribution in [-0.2, 0) is 32.7 Å². The summed E-state index contributed by atoms with van der Waals surface area (Å²) in [5.74, 6) is -0.780. The highest BCUT2D eigenvalue weighted by Gasteiger charge is 2.27. The zero-order chi connectivity index (χ0) is 69.7. The maximum absolute atomic E-state index is 12.9. The number of likely N-dealkylation sites (N-methyl/N-ethyl adjacent to an activating group) is 1. The summed E-state index contributed by atoms with van der Waals surface area (Å²) in [5, 5.41) is 0. The van der Waals surface area contributed by atoms with Crippen molar-refractivity contribution in [3.63, 3.8) is 0 Å². The van der Waals surface area contributed by atoms with Gasteiger partial charge in [0.05, 0.1) is 27.7 Å². The minimum Gasteiger partial charge on any atom is -0.462 e. The van der Waals surface area contributed by atoms with Gasteiger partial charge in [-0.3, -0.25) is 18.6 Å². The van der Waals surface area contributed by atoms with Gasteiger partial charge in [-0.15, -0.1) is 0 Å². The summed E-state index contributed by atoms with van der Waals surface area (Å²) < 4.78 is 34.8. The Labute approximate surface area is 595 Å². The highest BCUT2D eigenvalue weighted by molar-refractivity contribution is 7.47. The van der Waals surface area contributed by atoms with Gasteiger partial charge >= 0.3 is 19.8 Å². The Hall–Kier alpha value is -3.07. The summed E-state index contributed by atoms with van der Waals surface area (Å²) in [5.41, 5.74) is 0. The average molecular weight is 1360 g/mol. The number of hydrogen-bond donors (Lipinski definition) is 1. The Bertz CT molecular complexity index is 1940. The molecule has 558 valence electrons. The van der Waals surface area contributed by atoms with Crippen LogP contribution >= 0.6 is 7.82 Å². The second kappa shape index (κ2) is 76.1. The molecule has 1 N–H and O–H groups in total. The van der Waals surface area contributed by atoms with Crippen LogP contribution in [-0.4, -0.2) is 74.9 Å². The molecule has 2 atom stereocenters. The second-order valence-corrected chi connectivity index (χ2v) is 30.2. The van der Waals surface area contributed by atoms with Gasteiger partial charge in [-0.2, -0.15) is 0 Å². The van der Waals surface area contributed by atoms with Crippen LogP contribution in [0.1, 0.15) is 386 Å². The summed E-state index contributed by atoms with van der Waals surface area (Å²) in [4.78, 5) is 36.0.